The first kappa shape index (κ1) is 48.8. The molecule has 0 saturated heterocycles. The van der Waals surface area contributed by atoms with E-state index in [4.69, 9.17) is 0 Å². The fourth-order valence-corrected chi connectivity index (χ4v) is 11.9. The van der Waals surface area contributed by atoms with Crippen molar-refractivity contribution in [1.82, 2.24) is 0 Å². The molecule has 0 atom stereocenters. The lowest BCUT2D eigenvalue weighted by molar-refractivity contribution is 0.590. The van der Waals surface area contributed by atoms with Crippen LogP contribution in [0.4, 0.5) is 45.5 Å². The standard InChI is InChI=1S/C72H68BN3/c1-47-19-15-18-24-61(47)53-43-63-62-42-50-22-16-17-23-51(50)44-67(62)76(59-36-30-56(31-37-59)72(9,10)11)73-64-46-60(74(57-32-26-54(27-33-57)70(3,4)5)58-34-28-55(29-35-58)71(6,7)8)38-40-66(64)75(68(45-53)69(63)73)65-39-25-52(41-48(65)2)49-20-13-12-14-21-49/h12-46H,1-11H3. The number of hydrogen-bond donors (Lipinski definition) is 0. The lowest BCUT2D eigenvalue weighted by Crippen LogP contribution is -2.61. The van der Waals surface area contributed by atoms with Crippen molar-refractivity contribution in [2.45, 2.75) is 92.4 Å². The number of fused-ring (bicyclic) bond motifs is 5. The fourth-order valence-electron chi connectivity index (χ4n) is 11.9. The summed E-state index contributed by atoms with van der Waals surface area (Å²) in [5, 5.41) is 2.45. The Labute approximate surface area is 452 Å². The molecule has 0 amide bonds. The highest BCUT2D eigenvalue weighted by Gasteiger charge is 2.46. The molecule has 12 rings (SSSR count). The zero-order chi connectivity index (χ0) is 52.8. The molecule has 10 aromatic rings. The van der Waals surface area contributed by atoms with E-state index in [2.05, 4.69) is 303 Å². The average molecular weight is 986 g/mol. The van der Waals surface area contributed by atoms with Gasteiger partial charge in [0.05, 0.1) is 0 Å². The minimum absolute atomic E-state index is 0.000659. The summed E-state index contributed by atoms with van der Waals surface area (Å²) in [6.07, 6.45) is 0. The molecule has 0 radical (unpaired) electrons. The topological polar surface area (TPSA) is 9.72 Å². The molecule has 0 fully saturated rings. The van der Waals surface area contributed by atoms with E-state index in [-0.39, 0.29) is 23.1 Å². The summed E-state index contributed by atoms with van der Waals surface area (Å²) >= 11 is 0. The monoisotopic (exact) mass is 986 g/mol. The number of aryl methyl sites for hydroxylation is 2. The first-order valence-electron chi connectivity index (χ1n) is 27.2. The summed E-state index contributed by atoms with van der Waals surface area (Å²) in [6, 6.07) is 80.7. The number of hydrogen-bond acceptors (Lipinski definition) is 3. The van der Waals surface area contributed by atoms with Gasteiger partial charge in [-0.3, -0.25) is 0 Å². The van der Waals surface area contributed by atoms with Crippen LogP contribution in [0.25, 0.3) is 44.2 Å². The van der Waals surface area contributed by atoms with Crippen molar-refractivity contribution in [2.24, 2.45) is 0 Å². The molecule has 0 aromatic heterocycles. The molecule has 0 bridgehead atoms. The summed E-state index contributed by atoms with van der Waals surface area (Å²) < 4.78 is 0. The molecule has 4 heteroatoms. The van der Waals surface area contributed by atoms with Crippen molar-refractivity contribution in [3.05, 3.63) is 240 Å². The van der Waals surface area contributed by atoms with Gasteiger partial charge >= 0.3 is 6.85 Å². The third-order valence-corrected chi connectivity index (χ3v) is 16.1. The quantitative estimate of drug-likeness (QED) is 0.147. The second kappa shape index (κ2) is 18.3. The molecule has 2 aliphatic rings. The second-order valence-corrected chi connectivity index (χ2v) is 24.4. The molecular weight excluding hydrogens is 918 g/mol. The molecule has 0 saturated carbocycles. The number of benzene rings is 10. The SMILES string of the molecule is Cc1ccccc1-c1cc2c3c(c1)N(c1ccc(-c4ccccc4)cc1C)c1ccc(N(c4ccc(C(C)(C)C)cc4)c4ccc(C(C)(C)C)cc4)cc1B3N(c1ccc(C(C)(C)C)cc1)c1cc3ccccc3cc1-2. The van der Waals surface area contributed by atoms with E-state index < -0.39 is 0 Å². The van der Waals surface area contributed by atoms with Gasteiger partial charge in [0.15, 0.2) is 0 Å². The predicted octanol–water partition coefficient (Wildman–Crippen LogP) is 18.9. The number of anilines is 8. The maximum Gasteiger partial charge on any atom is 0.333 e. The molecule has 76 heavy (non-hydrogen) atoms. The summed E-state index contributed by atoms with van der Waals surface area (Å²) in [5.41, 5.74) is 25.6. The zero-order valence-corrected chi connectivity index (χ0v) is 46.1. The van der Waals surface area contributed by atoms with Crippen LogP contribution in [-0.2, 0) is 16.2 Å². The van der Waals surface area contributed by atoms with Crippen molar-refractivity contribution < 1.29 is 0 Å². The van der Waals surface area contributed by atoms with E-state index in [1.54, 1.807) is 0 Å². The highest BCUT2D eigenvalue weighted by molar-refractivity contribution is 6.93. The van der Waals surface area contributed by atoms with Gasteiger partial charge in [0.1, 0.15) is 0 Å². The Morgan fingerprint density at radius 2 is 0.895 bits per heavy atom. The smallest absolute Gasteiger partial charge is 0.333 e. The van der Waals surface area contributed by atoms with Crippen LogP contribution in [0.5, 0.6) is 0 Å². The van der Waals surface area contributed by atoms with Crippen LogP contribution in [0, 0.1) is 13.8 Å². The molecule has 2 heterocycles. The van der Waals surface area contributed by atoms with Gasteiger partial charge in [-0.25, -0.2) is 0 Å². The average Bonchev–Trinajstić information content (AvgIpc) is 3.61. The normalized spacial score (nSPS) is 13.1. The number of nitrogens with zero attached hydrogens (tertiary/aromatic N) is 3. The lowest BCUT2D eigenvalue weighted by atomic mass is 9.43. The Morgan fingerprint density at radius 3 is 1.49 bits per heavy atom. The molecular formula is C72H68BN3. The van der Waals surface area contributed by atoms with E-state index >= 15 is 0 Å². The molecule has 0 spiro atoms. The molecule has 0 N–H and O–H groups in total. The van der Waals surface area contributed by atoms with Crippen molar-refractivity contribution >= 4 is 74.0 Å². The van der Waals surface area contributed by atoms with Crippen LogP contribution < -0.4 is 25.5 Å². The van der Waals surface area contributed by atoms with Crippen molar-refractivity contribution in [1.29, 1.82) is 0 Å². The van der Waals surface area contributed by atoms with Gasteiger partial charge in [-0.1, -0.05) is 184 Å². The molecule has 374 valence electrons. The van der Waals surface area contributed by atoms with Crippen molar-refractivity contribution in [3.63, 3.8) is 0 Å². The van der Waals surface area contributed by atoms with Crippen LogP contribution in [0.15, 0.2) is 212 Å². The summed E-state index contributed by atoms with van der Waals surface area (Å²) in [5.74, 6) is 0. The van der Waals surface area contributed by atoms with Crippen LogP contribution in [0.2, 0.25) is 0 Å². The van der Waals surface area contributed by atoms with Crippen LogP contribution >= 0.6 is 0 Å². The van der Waals surface area contributed by atoms with Crippen molar-refractivity contribution in [3.8, 4) is 33.4 Å². The van der Waals surface area contributed by atoms with Gasteiger partial charge < -0.3 is 14.6 Å². The Morgan fingerprint density at radius 1 is 0.355 bits per heavy atom. The highest BCUT2D eigenvalue weighted by Crippen LogP contribution is 2.51. The molecule has 0 unspecified atom stereocenters. The summed E-state index contributed by atoms with van der Waals surface area (Å²) in [7, 11) is 0. The van der Waals surface area contributed by atoms with Gasteiger partial charge in [-0.15, -0.1) is 0 Å². The van der Waals surface area contributed by atoms with Gasteiger partial charge in [0.2, 0.25) is 0 Å². The Balaban J connectivity index is 1.18. The molecule has 2 aliphatic heterocycles. The van der Waals surface area contributed by atoms with Gasteiger partial charge in [-0.05, 0) is 198 Å². The van der Waals surface area contributed by atoms with Crippen LogP contribution in [0.1, 0.15) is 90.1 Å². The van der Waals surface area contributed by atoms with Gasteiger partial charge in [-0.2, -0.15) is 0 Å². The molecule has 0 aliphatic carbocycles. The van der Waals surface area contributed by atoms with Crippen LogP contribution in [-0.4, -0.2) is 6.85 Å². The lowest BCUT2D eigenvalue weighted by Gasteiger charge is -2.46. The Hall–Kier alpha value is -8.08. The van der Waals surface area contributed by atoms with Gasteiger partial charge in [0, 0.05) is 51.1 Å². The Kier molecular flexibility index (Phi) is 11.8. The van der Waals surface area contributed by atoms with Crippen molar-refractivity contribution in [2.75, 3.05) is 14.6 Å². The maximum atomic E-state index is 2.67. The predicted molar refractivity (Wildman–Crippen MR) is 329 cm³/mol. The van der Waals surface area contributed by atoms with E-state index in [1.807, 2.05) is 0 Å². The first-order chi connectivity index (χ1) is 36.4. The fraction of sp³-hybridized carbons (Fsp3) is 0.194. The van der Waals surface area contributed by atoms with E-state index in [0.717, 1.165) is 34.1 Å². The van der Waals surface area contributed by atoms with E-state index in [0.29, 0.717) is 0 Å². The van der Waals surface area contributed by atoms with Crippen LogP contribution in [0.3, 0.4) is 0 Å². The highest BCUT2D eigenvalue weighted by atomic mass is 15.2. The molecule has 10 aromatic carbocycles. The second-order valence-electron chi connectivity index (χ2n) is 24.4. The minimum atomic E-state index is -0.200. The summed E-state index contributed by atoms with van der Waals surface area (Å²) in [4.78, 5) is 7.72. The molecule has 3 nitrogen and oxygen atoms in total. The minimum Gasteiger partial charge on any atom is -0.376 e. The first-order valence-corrected chi connectivity index (χ1v) is 27.2. The van der Waals surface area contributed by atoms with E-state index in [1.165, 1.54) is 94.3 Å². The Bertz CT molecular complexity index is 3780. The summed E-state index contributed by atoms with van der Waals surface area (Å²) in [6.45, 7) is 25.0. The largest absolute Gasteiger partial charge is 0.376 e. The zero-order valence-electron chi connectivity index (χ0n) is 46.1. The maximum absolute atomic E-state index is 2.67. The number of rotatable bonds is 7. The third kappa shape index (κ3) is 8.58. The third-order valence-electron chi connectivity index (χ3n) is 16.1. The van der Waals surface area contributed by atoms with Gasteiger partial charge in [0.25, 0.3) is 0 Å². The van der Waals surface area contributed by atoms with E-state index in [9.17, 15) is 0 Å².